The lowest BCUT2D eigenvalue weighted by Crippen LogP contribution is -2.33. The SMILES string of the molecule is CC(C)N(Cc1ccccc1)Cc1ncnn1C(C)(C)C. The zero-order valence-corrected chi connectivity index (χ0v) is 13.7. The smallest absolute Gasteiger partial charge is 0.141 e. The van der Waals surface area contributed by atoms with Crippen LogP contribution in [0.15, 0.2) is 36.7 Å². The maximum Gasteiger partial charge on any atom is 0.141 e. The fourth-order valence-electron chi connectivity index (χ4n) is 2.35. The molecule has 0 atom stereocenters. The van der Waals surface area contributed by atoms with Crippen LogP contribution in [-0.4, -0.2) is 25.7 Å². The van der Waals surface area contributed by atoms with E-state index in [1.807, 2.05) is 4.68 Å². The van der Waals surface area contributed by atoms with Crippen molar-refractivity contribution in [3.63, 3.8) is 0 Å². The van der Waals surface area contributed by atoms with Crippen molar-refractivity contribution in [2.24, 2.45) is 0 Å². The third-order valence-electron chi connectivity index (χ3n) is 3.56. The summed E-state index contributed by atoms with van der Waals surface area (Å²) in [6.07, 6.45) is 1.65. The first-order valence-corrected chi connectivity index (χ1v) is 7.55. The van der Waals surface area contributed by atoms with Crippen molar-refractivity contribution in [1.82, 2.24) is 19.7 Å². The summed E-state index contributed by atoms with van der Waals surface area (Å²) in [6.45, 7) is 12.6. The summed E-state index contributed by atoms with van der Waals surface area (Å²) >= 11 is 0. The van der Waals surface area contributed by atoms with E-state index in [0.717, 1.165) is 18.9 Å². The predicted octanol–water partition coefficient (Wildman–Crippen LogP) is 3.44. The summed E-state index contributed by atoms with van der Waals surface area (Å²) in [5.74, 6) is 1.02. The Balaban J connectivity index is 2.16. The number of rotatable bonds is 5. The lowest BCUT2D eigenvalue weighted by Gasteiger charge is -2.28. The standard InChI is InChI=1S/C17H26N4/c1-14(2)20(11-15-9-7-6-8-10-15)12-16-18-13-19-21(16)17(3,4)5/h6-10,13-14H,11-12H2,1-5H3. The van der Waals surface area contributed by atoms with Gasteiger partial charge in [0.15, 0.2) is 0 Å². The molecule has 0 spiro atoms. The zero-order valence-electron chi connectivity index (χ0n) is 13.7. The first-order chi connectivity index (χ1) is 9.88. The average Bonchev–Trinajstić information content (AvgIpc) is 2.87. The molecule has 0 fully saturated rings. The quantitative estimate of drug-likeness (QED) is 0.844. The van der Waals surface area contributed by atoms with Gasteiger partial charge in [-0.2, -0.15) is 5.10 Å². The molecule has 0 saturated heterocycles. The molecule has 0 radical (unpaired) electrons. The number of hydrogen-bond donors (Lipinski definition) is 0. The van der Waals surface area contributed by atoms with E-state index in [1.165, 1.54) is 5.56 Å². The van der Waals surface area contributed by atoms with Gasteiger partial charge in [0, 0.05) is 12.6 Å². The van der Waals surface area contributed by atoms with E-state index in [1.54, 1.807) is 6.33 Å². The van der Waals surface area contributed by atoms with Crippen molar-refractivity contribution in [3.05, 3.63) is 48.0 Å². The van der Waals surface area contributed by atoms with Gasteiger partial charge in [-0.05, 0) is 40.2 Å². The molecule has 0 N–H and O–H groups in total. The monoisotopic (exact) mass is 286 g/mol. The minimum atomic E-state index is -0.0404. The van der Waals surface area contributed by atoms with Crippen LogP contribution in [-0.2, 0) is 18.6 Å². The third-order valence-corrected chi connectivity index (χ3v) is 3.56. The summed E-state index contributed by atoms with van der Waals surface area (Å²) in [6, 6.07) is 11.0. The summed E-state index contributed by atoms with van der Waals surface area (Å²) in [4.78, 5) is 6.87. The van der Waals surface area contributed by atoms with Gasteiger partial charge in [0.05, 0.1) is 12.1 Å². The predicted molar refractivity (Wildman–Crippen MR) is 85.8 cm³/mol. The number of aromatic nitrogens is 3. The third kappa shape index (κ3) is 4.14. The molecule has 4 nitrogen and oxygen atoms in total. The van der Waals surface area contributed by atoms with E-state index < -0.39 is 0 Å². The molecule has 1 aromatic carbocycles. The highest BCUT2D eigenvalue weighted by molar-refractivity contribution is 5.14. The summed E-state index contributed by atoms with van der Waals surface area (Å²) in [5.41, 5.74) is 1.29. The minimum absolute atomic E-state index is 0.0404. The van der Waals surface area contributed by atoms with E-state index in [4.69, 9.17) is 0 Å². The summed E-state index contributed by atoms with van der Waals surface area (Å²) in [5, 5.41) is 4.39. The second-order valence-electron chi connectivity index (χ2n) is 6.74. The summed E-state index contributed by atoms with van der Waals surface area (Å²) < 4.78 is 2.02. The molecule has 0 unspecified atom stereocenters. The molecule has 0 aliphatic carbocycles. The van der Waals surface area contributed by atoms with Crippen LogP contribution >= 0.6 is 0 Å². The van der Waals surface area contributed by atoms with Crippen LogP contribution in [0.3, 0.4) is 0 Å². The Kier molecular flexibility index (Phi) is 4.78. The molecule has 0 aliphatic rings. The van der Waals surface area contributed by atoms with Crippen LogP contribution in [0.1, 0.15) is 46.0 Å². The fraction of sp³-hybridized carbons (Fsp3) is 0.529. The van der Waals surface area contributed by atoms with Crippen molar-refractivity contribution < 1.29 is 0 Å². The first kappa shape index (κ1) is 15.7. The number of hydrogen-bond acceptors (Lipinski definition) is 3. The second-order valence-corrected chi connectivity index (χ2v) is 6.74. The van der Waals surface area contributed by atoms with E-state index in [9.17, 15) is 0 Å². The maximum absolute atomic E-state index is 4.46. The Labute approximate surface area is 127 Å². The highest BCUT2D eigenvalue weighted by atomic mass is 15.4. The number of benzene rings is 1. The first-order valence-electron chi connectivity index (χ1n) is 7.55. The van der Waals surface area contributed by atoms with Gasteiger partial charge in [-0.15, -0.1) is 0 Å². The molecule has 2 aromatic rings. The van der Waals surface area contributed by atoms with Crippen LogP contribution in [0.4, 0.5) is 0 Å². The molecular formula is C17H26N4. The van der Waals surface area contributed by atoms with Gasteiger partial charge in [0.25, 0.3) is 0 Å². The molecule has 4 heteroatoms. The van der Waals surface area contributed by atoms with Gasteiger partial charge < -0.3 is 0 Å². The van der Waals surface area contributed by atoms with E-state index >= 15 is 0 Å². The minimum Gasteiger partial charge on any atom is -0.289 e. The Hall–Kier alpha value is -1.68. The molecule has 0 aliphatic heterocycles. The van der Waals surface area contributed by atoms with Gasteiger partial charge >= 0.3 is 0 Å². The molecule has 2 rings (SSSR count). The van der Waals surface area contributed by atoms with Crippen molar-refractivity contribution >= 4 is 0 Å². The van der Waals surface area contributed by atoms with Crippen molar-refractivity contribution in [1.29, 1.82) is 0 Å². The number of nitrogens with zero attached hydrogens (tertiary/aromatic N) is 4. The van der Waals surface area contributed by atoms with Crippen molar-refractivity contribution in [2.45, 2.75) is 59.3 Å². The van der Waals surface area contributed by atoms with Gasteiger partial charge in [0.2, 0.25) is 0 Å². The van der Waals surface area contributed by atoms with Crippen molar-refractivity contribution in [3.8, 4) is 0 Å². The molecule has 114 valence electrons. The highest BCUT2D eigenvalue weighted by Crippen LogP contribution is 2.17. The van der Waals surface area contributed by atoms with E-state index in [2.05, 4.69) is 79.9 Å². The average molecular weight is 286 g/mol. The molecule has 0 saturated carbocycles. The van der Waals surface area contributed by atoms with Gasteiger partial charge in [0.1, 0.15) is 12.2 Å². The Morgan fingerprint density at radius 1 is 1.10 bits per heavy atom. The van der Waals surface area contributed by atoms with Crippen molar-refractivity contribution in [2.75, 3.05) is 0 Å². The van der Waals surface area contributed by atoms with Crippen LogP contribution in [0.2, 0.25) is 0 Å². The second kappa shape index (κ2) is 6.39. The van der Waals surface area contributed by atoms with Crippen LogP contribution in [0, 0.1) is 0 Å². The lowest BCUT2D eigenvalue weighted by atomic mass is 10.1. The van der Waals surface area contributed by atoms with Crippen LogP contribution in [0.5, 0.6) is 0 Å². The van der Waals surface area contributed by atoms with Crippen LogP contribution in [0.25, 0.3) is 0 Å². The van der Waals surface area contributed by atoms with E-state index in [-0.39, 0.29) is 5.54 Å². The molecule has 1 heterocycles. The zero-order chi connectivity index (χ0) is 15.5. The maximum atomic E-state index is 4.46. The molecule has 21 heavy (non-hydrogen) atoms. The van der Waals surface area contributed by atoms with Gasteiger partial charge in [-0.1, -0.05) is 30.3 Å². The molecule has 1 aromatic heterocycles. The Bertz CT molecular complexity index is 552. The molecule has 0 bridgehead atoms. The Morgan fingerprint density at radius 2 is 1.76 bits per heavy atom. The van der Waals surface area contributed by atoms with E-state index in [0.29, 0.717) is 6.04 Å². The van der Waals surface area contributed by atoms with Crippen LogP contribution < -0.4 is 0 Å². The molecular weight excluding hydrogens is 260 g/mol. The van der Waals surface area contributed by atoms with Gasteiger partial charge in [-0.3, -0.25) is 4.90 Å². The molecule has 0 amide bonds. The topological polar surface area (TPSA) is 34.0 Å². The Morgan fingerprint density at radius 3 is 2.33 bits per heavy atom. The fourth-order valence-corrected chi connectivity index (χ4v) is 2.35. The summed E-state index contributed by atoms with van der Waals surface area (Å²) in [7, 11) is 0. The van der Waals surface area contributed by atoms with Gasteiger partial charge in [-0.25, -0.2) is 9.67 Å². The lowest BCUT2D eigenvalue weighted by molar-refractivity contribution is 0.187. The largest absolute Gasteiger partial charge is 0.289 e. The normalized spacial score (nSPS) is 12.3. The highest BCUT2D eigenvalue weighted by Gasteiger charge is 2.21.